The van der Waals surface area contributed by atoms with Gasteiger partial charge in [-0.2, -0.15) is 0 Å². The van der Waals surface area contributed by atoms with Gasteiger partial charge in [0.2, 0.25) is 0 Å². The van der Waals surface area contributed by atoms with Crippen molar-refractivity contribution in [2.75, 3.05) is 23.8 Å². The average molecular weight is 455 g/mol. The zero-order chi connectivity index (χ0) is 23.1. The molecule has 3 aromatic carbocycles. The van der Waals surface area contributed by atoms with Gasteiger partial charge in [-0.1, -0.05) is 12.1 Å². The molecule has 0 aliphatic heterocycles. The molecule has 3 aromatic rings. The van der Waals surface area contributed by atoms with Crippen LogP contribution in [-0.2, 0) is 14.8 Å². The quantitative estimate of drug-likeness (QED) is 0.454. The van der Waals surface area contributed by atoms with Crippen LogP contribution in [0.3, 0.4) is 0 Å². The van der Waals surface area contributed by atoms with Gasteiger partial charge in [0.05, 0.1) is 17.7 Å². The van der Waals surface area contributed by atoms with E-state index in [4.69, 9.17) is 15.2 Å². The number of rotatable bonds is 9. The first-order chi connectivity index (χ1) is 15.3. The van der Waals surface area contributed by atoms with Crippen molar-refractivity contribution in [1.82, 2.24) is 0 Å². The first-order valence-corrected chi connectivity index (χ1v) is 10.9. The van der Waals surface area contributed by atoms with E-state index in [0.717, 1.165) is 0 Å². The van der Waals surface area contributed by atoms with Crippen molar-refractivity contribution in [3.63, 3.8) is 0 Å². The third-order valence-electron chi connectivity index (χ3n) is 4.27. The molecule has 4 N–H and O–H groups in total. The minimum absolute atomic E-state index is 0.00379. The van der Waals surface area contributed by atoms with E-state index in [-0.39, 0.29) is 17.1 Å². The lowest BCUT2D eigenvalue weighted by Gasteiger charge is -2.12. The summed E-state index contributed by atoms with van der Waals surface area (Å²) < 4.78 is 38.1. The van der Waals surface area contributed by atoms with E-state index < -0.39 is 21.8 Å². The molecule has 0 saturated heterocycles. The second-order valence-electron chi connectivity index (χ2n) is 6.56. The van der Waals surface area contributed by atoms with E-state index in [0.29, 0.717) is 22.9 Å². The number of primary amides is 1. The molecule has 0 aliphatic rings. The van der Waals surface area contributed by atoms with Gasteiger partial charge in [-0.15, -0.1) is 0 Å². The van der Waals surface area contributed by atoms with Crippen molar-refractivity contribution in [1.29, 1.82) is 0 Å². The van der Waals surface area contributed by atoms with Crippen molar-refractivity contribution < 1.29 is 27.5 Å². The van der Waals surface area contributed by atoms with E-state index in [2.05, 4.69) is 10.0 Å². The molecule has 9 nitrogen and oxygen atoms in total. The van der Waals surface area contributed by atoms with Crippen LogP contribution in [-0.4, -0.2) is 33.9 Å². The largest absolute Gasteiger partial charge is 0.495 e. The minimum Gasteiger partial charge on any atom is -0.495 e. The predicted octanol–water partition coefficient (Wildman–Crippen LogP) is 2.61. The number of carbonyl (C=O) groups is 2. The standard InChI is InChI=1S/C22H21N3O6S/c1-30-20-5-3-2-4-19(20)25-32(28,29)18-12-6-15(7-13-18)22(27)24-16-8-10-17(11-9-16)31-14-21(23)26/h2-13,25H,14H2,1H3,(H2,23,26)(H,24,27). The Morgan fingerprint density at radius 3 is 2.22 bits per heavy atom. The Kier molecular flexibility index (Phi) is 6.96. The zero-order valence-electron chi connectivity index (χ0n) is 17.1. The van der Waals surface area contributed by atoms with Gasteiger partial charge < -0.3 is 20.5 Å². The molecule has 166 valence electrons. The van der Waals surface area contributed by atoms with Crippen LogP contribution in [0.1, 0.15) is 10.4 Å². The fraction of sp³-hybridized carbons (Fsp3) is 0.0909. The van der Waals surface area contributed by atoms with Crippen LogP contribution in [0, 0.1) is 0 Å². The van der Waals surface area contributed by atoms with Crippen LogP contribution in [0.25, 0.3) is 0 Å². The molecule has 0 heterocycles. The molecule has 0 radical (unpaired) electrons. The molecule has 0 saturated carbocycles. The molecule has 0 unspecified atom stereocenters. The maximum atomic E-state index is 12.7. The summed E-state index contributed by atoms with van der Waals surface area (Å²) >= 11 is 0. The highest BCUT2D eigenvalue weighted by molar-refractivity contribution is 7.92. The number of hydrogen-bond donors (Lipinski definition) is 3. The fourth-order valence-corrected chi connectivity index (χ4v) is 3.78. The van der Waals surface area contributed by atoms with Gasteiger partial charge in [0.25, 0.3) is 21.8 Å². The van der Waals surface area contributed by atoms with Crippen LogP contribution < -0.4 is 25.2 Å². The molecule has 0 aliphatic carbocycles. The number of sulfonamides is 1. The maximum Gasteiger partial charge on any atom is 0.262 e. The molecule has 0 atom stereocenters. The summed E-state index contributed by atoms with van der Waals surface area (Å²) in [4.78, 5) is 23.2. The van der Waals surface area contributed by atoms with E-state index in [1.807, 2.05) is 0 Å². The monoisotopic (exact) mass is 455 g/mol. The maximum absolute atomic E-state index is 12.7. The number of para-hydroxylation sites is 2. The summed E-state index contributed by atoms with van der Waals surface area (Å²) in [5.41, 5.74) is 6.10. The molecule has 0 bridgehead atoms. The summed E-state index contributed by atoms with van der Waals surface area (Å²) in [5.74, 6) is -0.194. The van der Waals surface area contributed by atoms with Gasteiger partial charge >= 0.3 is 0 Å². The number of methoxy groups -OCH3 is 1. The van der Waals surface area contributed by atoms with E-state index in [9.17, 15) is 18.0 Å². The van der Waals surface area contributed by atoms with Crippen molar-refractivity contribution in [2.24, 2.45) is 5.73 Å². The van der Waals surface area contributed by atoms with Crippen molar-refractivity contribution in [2.45, 2.75) is 4.90 Å². The SMILES string of the molecule is COc1ccccc1NS(=O)(=O)c1ccc(C(=O)Nc2ccc(OCC(N)=O)cc2)cc1. The second kappa shape index (κ2) is 9.84. The van der Waals surface area contributed by atoms with E-state index in [1.165, 1.54) is 31.4 Å². The van der Waals surface area contributed by atoms with Gasteiger partial charge in [0.15, 0.2) is 6.61 Å². The number of ether oxygens (including phenoxy) is 2. The molecule has 10 heteroatoms. The van der Waals surface area contributed by atoms with Crippen molar-refractivity contribution in [3.05, 3.63) is 78.4 Å². The van der Waals surface area contributed by atoms with Crippen LogP contribution in [0.2, 0.25) is 0 Å². The lowest BCUT2D eigenvalue weighted by Crippen LogP contribution is -2.20. The Bertz CT molecular complexity index is 1210. The smallest absolute Gasteiger partial charge is 0.262 e. The second-order valence-corrected chi connectivity index (χ2v) is 8.25. The van der Waals surface area contributed by atoms with E-state index in [1.54, 1.807) is 48.5 Å². The highest BCUT2D eigenvalue weighted by Gasteiger charge is 2.17. The van der Waals surface area contributed by atoms with Crippen molar-refractivity contribution >= 4 is 33.2 Å². The molecule has 0 aromatic heterocycles. The Hall–Kier alpha value is -4.05. The van der Waals surface area contributed by atoms with Crippen LogP contribution in [0.5, 0.6) is 11.5 Å². The lowest BCUT2D eigenvalue weighted by molar-refractivity contribution is -0.119. The molecule has 3 rings (SSSR count). The van der Waals surface area contributed by atoms with E-state index >= 15 is 0 Å². The Labute approximate surface area is 185 Å². The number of benzene rings is 3. The predicted molar refractivity (Wildman–Crippen MR) is 119 cm³/mol. The Morgan fingerprint density at radius 1 is 0.938 bits per heavy atom. The average Bonchev–Trinajstić information content (AvgIpc) is 2.78. The molecular weight excluding hydrogens is 434 g/mol. The molecule has 0 fully saturated rings. The zero-order valence-corrected chi connectivity index (χ0v) is 17.9. The molecule has 32 heavy (non-hydrogen) atoms. The van der Waals surface area contributed by atoms with Gasteiger partial charge in [-0.05, 0) is 60.7 Å². The van der Waals surface area contributed by atoms with Gasteiger partial charge in [0.1, 0.15) is 11.5 Å². The number of anilines is 2. The normalized spacial score (nSPS) is 10.8. The summed E-state index contributed by atoms with van der Waals surface area (Å²) in [6.45, 7) is -0.243. The Balaban J connectivity index is 1.66. The first-order valence-electron chi connectivity index (χ1n) is 9.37. The van der Waals surface area contributed by atoms with Gasteiger partial charge in [-0.25, -0.2) is 8.42 Å². The van der Waals surface area contributed by atoms with Gasteiger partial charge in [-0.3, -0.25) is 14.3 Å². The number of nitrogens with one attached hydrogen (secondary N) is 2. The minimum atomic E-state index is -3.87. The summed E-state index contributed by atoms with van der Waals surface area (Å²) in [6, 6.07) is 18.5. The lowest BCUT2D eigenvalue weighted by atomic mass is 10.2. The number of hydrogen-bond acceptors (Lipinski definition) is 6. The summed E-state index contributed by atoms with van der Waals surface area (Å²) in [7, 11) is -2.43. The first kappa shape index (κ1) is 22.6. The topological polar surface area (TPSA) is 137 Å². The third kappa shape index (κ3) is 5.76. The highest BCUT2D eigenvalue weighted by Crippen LogP contribution is 2.26. The number of amides is 2. The van der Waals surface area contributed by atoms with Gasteiger partial charge in [0, 0.05) is 11.3 Å². The molecular formula is C22H21N3O6S. The van der Waals surface area contributed by atoms with Crippen LogP contribution in [0.4, 0.5) is 11.4 Å². The molecule has 2 amide bonds. The number of nitrogens with two attached hydrogens (primary N) is 1. The highest BCUT2D eigenvalue weighted by atomic mass is 32.2. The van der Waals surface area contributed by atoms with Crippen LogP contribution >= 0.6 is 0 Å². The Morgan fingerprint density at radius 2 is 1.59 bits per heavy atom. The molecule has 0 spiro atoms. The third-order valence-corrected chi connectivity index (χ3v) is 5.65. The summed E-state index contributed by atoms with van der Waals surface area (Å²) in [5, 5.41) is 2.70. The van der Waals surface area contributed by atoms with Crippen LogP contribution in [0.15, 0.2) is 77.7 Å². The fourth-order valence-electron chi connectivity index (χ4n) is 2.71. The number of carbonyl (C=O) groups excluding carboxylic acids is 2. The van der Waals surface area contributed by atoms with Crippen molar-refractivity contribution in [3.8, 4) is 11.5 Å². The summed E-state index contributed by atoms with van der Waals surface area (Å²) in [6.07, 6.45) is 0.